The molecule has 2 fully saturated rings. The average molecular weight is 492 g/mol. The number of fused-ring (bicyclic) bond motifs is 1. The van der Waals surface area contributed by atoms with Gasteiger partial charge in [0.15, 0.2) is 5.65 Å². The molecule has 0 amide bonds. The predicted molar refractivity (Wildman–Crippen MR) is 137 cm³/mol. The fourth-order valence-electron chi connectivity index (χ4n) is 5.59. The topological polar surface area (TPSA) is 82.5 Å². The zero-order valence-corrected chi connectivity index (χ0v) is 21.5. The summed E-state index contributed by atoms with van der Waals surface area (Å²) in [6, 6.07) is 6.75. The average Bonchev–Trinajstić information content (AvgIpc) is 3.67. The van der Waals surface area contributed by atoms with Crippen molar-refractivity contribution in [3.05, 3.63) is 57.6 Å². The second-order valence-corrected chi connectivity index (χ2v) is 10.2. The quantitative estimate of drug-likeness (QED) is 0.498. The molecule has 9 heteroatoms. The SMILES string of the molecule is CC[C@H]1CN(C(C)c2ccc(C3CC3)cn2)[C@H](CC)CN1c1c(F)c(=O)n(C)n2cc(CC#N)nc12. The van der Waals surface area contributed by atoms with Crippen molar-refractivity contribution in [2.75, 3.05) is 18.0 Å². The Morgan fingerprint density at radius 2 is 1.94 bits per heavy atom. The summed E-state index contributed by atoms with van der Waals surface area (Å²) in [6.07, 6.45) is 7.97. The van der Waals surface area contributed by atoms with Crippen LogP contribution in [0, 0.1) is 17.1 Å². The van der Waals surface area contributed by atoms with Gasteiger partial charge in [0.1, 0.15) is 5.69 Å². The second-order valence-electron chi connectivity index (χ2n) is 10.2. The number of anilines is 1. The molecule has 0 spiro atoms. The van der Waals surface area contributed by atoms with Gasteiger partial charge >= 0.3 is 5.56 Å². The highest BCUT2D eigenvalue weighted by molar-refractivity contribution is 5.70. The number of piperazine rings is 1. The Morgan fingerprint density at radius 3 is 2.56 bits per heavy atom. The van der Waals surface area contributed by atoms with E-state index in [1.807, 2.05) is 11.1 Å². The van der Waals surface area contributed by atoms with Crippen LogP contribution in [0.25, 0.3) is 5.65 Å². The second kappa shape index (κ2) is 9.66. The van der Waals surface area contributed by atoms with Crippen LogP contribution < -0.4 is 10.5 Å². The standard InChI is InChI=1S/C27H34FN7O/c1-5-21-16-34(25-24(28)27(36)32(4)35-14-20(11-12-29)31-26(25)35)22(6-2)15-33(21)17(3)23-10-9-19(13-30-23)18-7-8-18/h9-10,13-14,17-18,21-22H,5-8,11,15-16H2,1-4H3/t17?,21-,22+/m1/s1. The van der Waals surface area contributed by atoms with Gasteiger partial charge in [0, 0.05) is 44.5 Å². The van der Waals surface area contributed by atoms with E-state index in [1.54, 1.807) is 10.7 Å². The Bertz CT molecular complexity index is 1350. The molecule has 190 valence electrons. The number of hydrogen-bond acceptors (Lipinski definition) is 6. The van der Waals surface area contributed by atoms with Crippen molar-refractivity contribution in [1.82, 2.24) is 24.1 Å². The van der Waals surface area contributed by atoms with Crippen molar-refractivity contribution >= 4 is 11.3 Å². The molecule has 1 aliphatic heterocycles. The summed E-state index contributed by atoms with van der Waals surface area (Å²) in [6.45, 7) is 7.76. The highest BCUT2D eigenvalue weighted by Crippen LogP contribution is 2.40. The molecule has 0 bridgehead atoms. The molecule has 1 aliphatic carbocycles. The smallest absolute Gasteiger partial charge is 0.303 e. The lowest BCUT2D eigenvalue weighted by Crippen LogP contribution is -2.59. The lowest BCUT2D eigenvalue weighted by molar-refractivity contribution is 0.0987. The number of aryl methyl sites for hydroxylation is 1. The molecule has 3 aromatic heterocycles. The summed E-state index contributed by atoms with van der Waals surface area (Å²) in [5, 5.41) is 9.15. The van der Waals surface area contributed by atoms with Gasteiger partial charge in [0.2, 0.25) is 5.82 Å². The molecule has 4 heterocycles. The fraction of sp³-hybridized carbons (Fsp3) is 0.556. The van der Waals surface area contributed by atoms with E-state index in [0.717, 1.165) is 25.1 Å². The van der Waals surface area contributed by atoms with Gasteiger partial charge in [-0.1, -0.05) is 19.9 Å². The van der Waals surface area contributed by atoms with E-state index in [0.29, 0.717) is 23.8 Å². The molecule has 0 N–H and O–H groups in total. The van der Waals surface area contributed by atoms with E-state index < -0.39 is 11.4 Å². The number of rotatable bonds is 7. The van der Waals surface area contributed by atoms with Crippen LogP contribution in [0.4, 0.5) is 10.1 Å². The van der Waals surface area contributed by atoms with Crippen molar-refractivity contribution < 1.29 is 4.39 Å². The van der Waals surface area contributed by atoms with Crippen LogP contribution in [0.15, 0.2) is 29.3 Å². The number of imidazole rings is 1. The summed E-state index contributed by atoms with van der Waals surface area (Å²) in [4.78, 5) is 26.7. The molecule has 1 unspecified atom stereocenters. The monoisotopic (exact) mass is 491 g/mol. The maximum Gasteiger partial charge on any atom is 0.303 e. The molecule has 0 radical (unpaired) electrons. The van der Waals surface area contributed by atoms with Crippen LogP contribution in [-0.4, -0.2) is 49.2 Å². The molecule has 1 saturated carbocycles. The van der Waals surface area contributed by atoms with Crippen molar-refractivity contribution in [3.63, 3.8) is 0 Å². The van der Waals surface area contributed by atoms with Gasteiger partial charge in [-0.15, -0.1) is 0 Å². The van der Waals surface area contributed by atoms with Gasteiger partial charge in [-0.3, -0.25) is 14.7 Å². The Hall–Kier alpha value is -3.25. The highest BCUT2D eigenvalue weighted by Gasteiger charge is 2.38. The lowest BCUT2D eigenvalue weighted by Gasteiger charge is -2.49. The summed E-state index contributed by atoms with van der Waals surface area (Å²) in [7, 11) is 1.52. The van der Waals surface area contributed by atoms with E-state index in [9.17, 15) is 4.79 Å². The highest BCUT2D eigenvalue weighted by atomic mass is 19.1. The number of halogens is 1. The van der Waals surface area contributed by atoms with Crippen LogP contribution in [0.5, 0.6) is 0 Å². The zero-order chi connectivity index (χ0) is 25.6. The minimum atomic E-state index is -0.786. The number of pyridine rings is 1. The summed E-state index contributed by atoms with van der Waals surface area (Å²) in [5.41, 5.74) is 2.83. The van der Waals surface area contributed by atoms with Gasteiger partial charge in [0.05, 0.1) is 30.1 Å². The number of nitriles is 1. The predicted octanol–water partition coefficient (Wildman–Crippen LogP) is 3.95. The Labute approximate surface area is 211 Å². The van der Waals surface area contributed by atoms with E-state index in [1.165, 1.54) is 30.1 Å². The van der Waals surface area contributed by atoms with Gasteiger partial charge in [-0.2, -0.15) is 9.65 Å². The van der Waals surface area contributed by atoms with Crippen LogP contribution in [0.1, 0.15) is 75.4 Å². The molecule has 1 saturated heterocycles. The van der Waals surface area contributed by atoms with E-state index >= 15 is 4.39 Å². The Kier molecular flexibility index (Phi) is 6.56. The Balaban J connectivity index is 1.50. The molecule has 8 nitrogen and oxygen atoms in total. The third kappa shape index (κ3) is 4.17. The van der Waals surface area contributed by atoms with Gasteiger partial charge in [-0.25, -0.2) is 14.2 Å². The van der Waals surface area contributed by atoms with Crippen LogP contribution in [0.3, 0.4) is 0 Å². The van der Waals surface area contributed by atoms with Gasteiger partial charge in [0.25, 0.3) is 0 Å². The molecule has 3 aromatic rings. The number of hydrogen-bond donors (Lipinski definition) is 0. The van der Waals surface area contributed by atoms with Crippen LogP contribution >= 0.6 is 0 Å². The van der Waals surface area contributed by atoms with Crippen LogP contribution in [-0.2, 0) is 13.5 Å². The minimum absolute atomic E-state index is 0.00232. The number of aromatic nitrogens is 4. The van der Waals surface area contributed by atoms with Gasteiger partial charge in [-0.05, 0) is 50.2 Å². The lowest BCUT2D eigenvalue weighted by atomic mass is 9.98. The van der Waals surface area contributed by atoms with E-state index in [2.05, 4.69) is 48.9 Å². The molecule has 3 atom stereocenters. The first-order chi connectivity index (χ1) is 17.4. The first-order valence-electron chi connectivity index (χ1n) is 13.0. The maximum absolute atomic E-state index is 15.6. The first-order valence-corrected chi connectivity index (χ1v) is 13.0. The largest absolute Gasteiger partial charge is 0.360 e. The summed E-state index contributed by atoms with van der Waals surface area (Å²) < 4.78 is 18.4. The third-order valence-corrected chi connectivity index (χ3v) is 7.97. The first kappa shape index (κ1) is 24.4. The molecular weight excluding hydrogens is 457 g/mol. The Morgan fingerprint density at radius 1 is 1.19 bits per heavy atom. The van der Waals surface area contributed by atoms with Crippen molar-refractivity contribution in [2.45, 2.75) is 76.9 Å². The maximum atomic E-state index is 15.6. The molecule has 5 rings (SSSR count). The van der Waals surface area contributed by atoms with Crippen LogP contribution in [0.2, 0.25) is 0 Å². The normalized spacial score (nSPS) is 21.6. The minimum Gasteiger partial charge on any atom is -0.360 e. The molecular formula is C27H34FN7O. The van der Waals surface area contributed by atoms with E-state index in [-0.39, 0.29) is 30.2 Å². The summed E-state index contributed by atoms with van der Waals surface area (Å²) in [5.74, 6) is -0.105. The third-order valence-electron chi connectivity index (χ3n) is 7.97. The van der Waals surface area contributed by atoms with Gasteiger partial charge < -0.3 is 4.90 Å². The summed E-state index contributed by atoms with van der Waals surface area (Å²) >= 11 is 0. The van der Waals surface area contributed by atoms with Crippen molar-refractivity contribution in [3.8, 4) is 6.07 Å². The molecule has 36 heavy (non-hydrogen) atoms. The fourth-order valence-corrected chi connectivity index (χ4v) is 5.59. The molecule has 0 aromatic carbocycles. The molecule has 2 aliphatic rings. The zero-order valence-electron chi connectivity index (χ0n) is 21.5. The van der Waals surface area contributed by atoms with Crippen molar-refractivity contribution in [1.29, 1.82) is 5.26 Å². The number of nitrogens with zero attached hydrogens (tertiary/aromatic N) is 7. The van der Waals surface area contributed by atoms with E-state index in [4.69, 9.17) is 10.2 Å². The van der Waals surface area contributed by atoms with Crippen molar-refractivity contribution in [2.24, 2.45) is 7.05 Å².